The molecule has 1 aromatic rings. The smallest absolute Gasteiger partial charge is 0.254 e. The van der Waals surface area contributed by atoms with Crippen molar-refractivity contribution < 1.29 is 19.1 Å². The summed E-state index contributed by atoms with van der Waals surface area (Å²) in [7, 11) is 1.57. The first-order chi connectivity index (χ1) is 13.1. The van der Waals surface area contributed by atoms with Gasteiger partial charge >= 0.3 is 0 Å². The number of rotatable bonds is 9. The van der Waals surface area contributed by atoms with Crippen molar-refractivity contribution in [2.24, 2.45) is 0 Å². The van der Waals surface area contributed by atoms with E-state index in [1.165, 1.54) is 0 Å². The van der Waals surface area contributed by atoms with E-state index in [-0.39, 0.29) is 11.8 Å². The molecular formula is C20H31N3O4. The highest BCUT2D eigenvalue weighted by Crippen LogP contribution is 2.28. The van der Waals surface area contributed by atoms with Gasteiger partial charge in [-0.05, 0) is 31.5 Å². The van der Waals surface area contributed by atoms with Crippen molar-refractivity contribution >= 4 is 11.8 Å². The summed E-state index contributed by atoms with van der Waals surface area (Å²) < 4.78 is 10.8. The molecule has 1 aromatic carbocycles. The van der Waals surface area contributed by atoms with Crippen LogP contribution in [0.25, 0.3) is 0 Å². The van der Waals surface area contributed by atoms with E-state index in [9.17, 15) is 9.59 Å². The van der Waals surface area contributed by atoms with Crippen molar-refractivity contribution in [1.82, 2.24) is 15.1 Å². The van der Waals surface area contributed by atoms with Gasteiger partial charge in [0.25, 0.3) is 5.91 Å². The lowest BCUT2D eigenvalue weighted by molar-refractivity contribution is -0.122. The molecule has 0 radical (unpaired) electrons. The predicted molar refractivity (Wildman–Crippen MR) is 104 cm³/mol. The minimum absolute atomic E-state index is 0.0246. The average molecular weight is 377 g/mol. The zero-order chi connectivity index (χ0) is 19.6. The molecule has 0 spiro atoms. The molecule has 1 aliphatic rings. The number of carbonyl (C=O) groups is 2. The Bertz CT molecular complexity index is 628. The van der Waals surface area contributed by atoms with E-state index in [0.717, 1.165) is 19.4 Å². The van der Waals surface area contributed by atoms with E-state index in [0.29, 0.717) is 56.4 Å². The van der Waals surface area contributed by atoms with Crippen molar-refractivity contribution in [2.75, 3.05) is 53.0 Å². The van der Waals surface area contributed by atoms with Crippen LogP contribution in [0.2, 0.25) is 0 Å². The third-order valence-electron chi connectivity index (χ3n) is 4.59. The Kier molecular flexibility index (Phi) is 8.39. The van der Waals surface area contributed by atoms with Gasteiger partial charge in [-0.3, -0.25) is 14.5 Å². The van der Waals surface area contributed by atoms with E-state index in [2.05, 4.69) is 17.1 Å². The van der Waals surface area contributed by atoms with Crippen molar-refractivity contribution in [3.8, 4) is 11.5 Å². The van der Waals surface area contributed by atoms with Gasteiger partial charge in [0.15, 0.2) is 11.5 Å². The summed E-state index contributed by atoms with van der Waals surface area (Å²) in [5, 5.41) is 2.93. The lowest BCUT2D eigenvalue weighted by atomic mass is 10.1. The molecule has 0 aliphatic carbocycles. The van der Waals surface area contributed by atoms with Crippen LogP contribution in [0.1, 0.15) is 37.0 Å². The van der Waals surface area contributed by atoms with Crippen molar-refractivity contribution in [1.29, 1.82) is 0 Å². The lowest BCUT2D eigenvalue weighted by Gasteiger charge is -2.34. The van der Waals surface area contributed by atoms with E-state index < -0.39 is 0 Å². The van der Waals surface area contributed by atoms with Crippen LogP contribution in [0.3, 0.4) is 0 Å². The highest BCUT2D eigenvalue weighted by molar-refractivity contribution is 5.95. The van der Waals surface area contributed by atoms with Gasteiger partial charge in [0.2, 0.25) is 5.91 Å². The van der Waals surface area contributed by atoms with Crippen LogP contribution in [0.5, 0.6) is 11.5 Å². The second-order valence-electron chi connectivity index (χ2n) is 6.57. The molecule has 2 rings (SSSR count). The van der Waals surface area contributed by atoms with Gasteiger partial charge in [0.05, 0.1) is 20.3 Å². The zero-order valence-corrected chi connectivity index (χ0v) is 16.6. The number of carbonyl (C=O) groups excluding carboxylic acids is 2. The molecule has 1 fully saturated rings. The van der Waals surface area contributed by atoms with Gasteiger partial charge in [-0.2, -0.15) is 0 Å². The molecule has 2 amide bonds. The maximum Gasteiger partial charge on any atom is 0.254 e. The molecule has 0 aromatic heterocycles. The average Bonchev–Trinajstić information content (AvgIpc) is 2.69. The van der Waals surface area contributed by atoms with E-state index in [1.54, 1.807) is 25.3 Å². The third kappa shape index (κ3) is 6.13. The van der Waals surface area contributed by atoms with Gasteiger partial charge in [-0.1, -0.05) is 13.3 Å². The van der Waals surface area contributed by atoms with Gasteiger partial charge in [0, 0.05) is 38.3 Å². The number of benzene rings is 1. The van der Waals surface area contributed by atoms with Crippen LogP contribution in [0.4, 0.5) is 0 Å². The molecule has 1 aliphatic heterocycles. The fourth-order valence-electron chi connectivity index (χ4n) is 3.03. The maximum atomic E-state index is 12.8. The number of amides is 2. The summed E-state index contributed by atoms with van der Waals surface area (Å²) >= 11 is 0. The van der Waals surface area contributed by atoms with Crippen LogP contribution in [-0.4, -0.2) is 74.6 Å². The Labute approximate surface area is 161 Å². The number of hydrogen-bond acceptors (Lipinski definition) is 5. The van der Waals surface area contributed by atoms with Gasteiger partial charge in [-0.15, -0.1) is 0 Å². The molecule has 1 saturated heterocycles. The fraction of sp³-hybridized carbons (Fsp3) is 0.600. The standard InChI is InChI=1S/C20H31N3O4/c1-4-6-9-21-19(24)15-22-10-12-23(13-11-22)20(25)16-7-8-17(27-5-2)18(14-16)26-3/h7-8,14H,4-6,9-13,15H2,1-3H3,(H,21,24). The van der Waals surface area contributed by atoms with Crippen LogP contribution < -0.4 is 14.8 Å². The molecule has 1 N–H and O–H groups in total. The quantitative estimate of drug-likeness (QED) is 0.664. The molecule has 150 valence electrons. The molecule has 27 heavy (non-hydrogen) atoms. The lowest BCUT2D eigenvalue weighted by Crippen LogP contribution is -2.51. The number of unbranched alkanes of at least 4 members (excludes halogenated alkanes) is 1. The Hall–Kier alpha value is -2.28. The first-order valence-corrected chi connectivity index (χ1v) is 9.68. The molecule has 0 unspecified atom stereocenters. The number of nitrogens with zero attached hydrogens (tertiary/aromatic N) is 2. The minimum Gasteiger partial charge on any atom is -0.493 e. The minimum atomic E-state index is -0.0246. The normalized spacial score (nSPS) is 14.7. The summed E-state index contributed by atoms with van der Waals surface area (Å²) in [6.07, 6.45) is 2.07. The summed E-state index contributed by atoms with van der Waals surface area (Å²) in [5.74, 6) is 1.23. The van der Waals surface area contributed by atoms with Crippen molar-refractivity contribution in [3.63, 3.8) is 0 Å². The Morgan fingerprint density at radius 3 is 2.48 bits per heavy atom. The summed E-state index contributed by atoms with van der Waals surface area (Å²) in [5.41, 5.74) is 0.584. The highest BCUT2D eigenvalue weighted by Gasteiger charge is 2.24. The van der Waals surface area contributed by atoms with Crippen LogP contribution in [-0.2, 0) is 4.79 Å². The Balaban J connectivity index is 1.86. The van der Waals surface area contributed by atoms with E-state index in [1.807, 2.05) is 11.8 Å². The molecular weight excluding hydrogens is 346 g/mol. The van der Waals surface area contributed by atoms with Gasteiger partial charge < -0.3 is 19.7 Å². The van der Waals surface area contributed by atoms with Gasteiger partial charge in [0.1, 0.15) is 0 Å². The number of hydrogen-bond donors (Lipinski definition) is 1. The monoisotopic (exact) mass is 377 g/mol. The number of ether oxygens (including phenoxy) is 2. The van der Waals surface area contributed by atoms with E-state index >= 15 is 0 Å². The maximum absolute atomic E-state index is 12.8. The Morgan fingerprint density at radius 2 is 1.85 bits per heavy atom. The van der Waals surface area contributed by atoms with Gasteiger partial charge in [-0.25, -0.2) is 0 Å². The number of piperazine rings is 1. The number of nitrogens with one attached hydrogen (secondary N) is 1. The summed E-state index contributed by atoms with van der Waals surface area (Å²) in [6, 6.07) is 5.26. The van der Waals surface area contributed by atoms with Crippen molar-refractivity contribution in [3.05, 3.63) is 23.8 Å². The summed E-state index contributed by atoms with van der Waals surface area (Å²) in [4.78, 5) is 28.6. The second kappa shape index (κ2) is 10.8. The first-order valence-electron chi connectivity index (χ1n) is 9.68. The molecule has 0 bridgehead atoms. The van der Waals surface area contributed by atoms with Crippen LogP contribution >= 0.6 is 0 Å². The van der Waals surface area contributed by atoms with E-state index in [4.69, 9.17) is 9.47 Å². The largest absolute Gasteiger partial charge is 0.493 e. The SMILES string of the molecule is CCCCNC(=O)CN1CCN(C(=O)c2ccc(OCC)c(OC)c2)CC1. The molecule has 0 atom stereocenters. The third-order valence-corrected chi connectivity index (χ3v) is 4.59. The highest BCUT2D eigenvalue weighted by atomic mass is 16.5. The first kappa shape index (κ1) is 21.0. The Morgan fingerprint density at radius 1 is 1.11 bits per heavy atom. The fourth-order valence-corrected chi connectivity index (χ4v) is 3.03. The van der Waals surface area contributed by atoms with Crippen LogP contribution in [0, 0.1) is 0 Å². The zero-order valence-electron chi connectivity index (χ0n) is 16.6. The van der Waals surface area contributed by atoms with Crippen molar-refractivity contribution in [2.45, 2.75) is 26.7 Å². The second-order valence-corrected chi connectivity index (χ2v) is 6.57. The molecule has 7 nitrogen and oxygen atoms in total. The predicted octanol–water partition coefficient (Wildman–Crippen LogP) is 1.77. The number of methoxy groups -OCH3 is 1. The molecule has 1 heterocycles. The molecule has 0 saturated carbocycles. The summed E-state index contributed by atoms with van der Waals surface area (Å²) in [6.45, 7) is 8.27. The van der Waals surface area contributed by atoms with Crippen LogP contribution in [0.15, 0.2) is 18.2 Å². The molecule has 7 heteroatoms. The topological polar surface area (TPSA) is 71.1 Å².